The zero-order chi connectivity index (χ0) is 20.4. The summed E-state index contributed by atoms with van der Waals surface area (Å²) in [6.45, 7) is 4.51. The monoisotopic (exact) mass is 412 g/mol. The van der Waals surface area contributed by atoms with Crippen LogP contribution in [0.1, 0.15) is 17.5 Å². The number of nitrogens with one attached hydrogen (secondary N) is 1. The molecule has 0 amide bonds. The predicted octanol–water partition coefficient (Wildman–Crippen LogP) is 0.479. The number of carboxylic acids is 1. The van der Waals surface area contributed by atoms with Gasteiger partial charge in [-0.1, -0.05) is 17.8 Å². The minimum Gasteiger partial charge on any atom is -0.479 e. The molecule has 0 bridgehead atoms. The summed E-state index contributed by atoms with van der Waals surface area (Å²) in [6, 6.07) is 3.49. The van der Waals surface area contributed by atoms with Gasteiger partial charge in [-0.05, 0) is 31.9 Å². The van der Waals surface area contributed by atoms with E-state index in [1.807, 2.05) is 19.9 Å². The second-order valence-corrected chi connectivity index (χ2v) is 7.83. The van der Waals surface area contributed by atoms with Gasteiger partial charge in [0.15, 0.2) is 11.3 Å². The number of aryl methyl sites for hydroxylation is 1. The molecule has 10 heteroatoms. The Morgan fingerprint density at radius 1 is 1.25 bits per heavy atom. The minimum atomic E-state index is -1.76. The number of rotatable bonds is 4. The van der Waals surface area contributed by atoms with Crippen LogP contribution in [0.15, 0.2) is 17.1 Å². The van der Waals surface area contributed by atoms with E-state index in [0.717, 1.165) is 40.7 Å². The SMILES string of the molecule is Cc1ccc(O[C@@H]2O[C@H](C(=O)O)[C@@H](O)[C@H](O)[C@H]2O)c(C)c1NC1=NCCCS1. The summed E-state index contributed by atoms with van der Waals surface area (Å²) >= 11 is 1.63. The van der Waals surface area contributed by atoms with Gasteiger partial charge in [-0.3, -0.25) is 4.99 Å². The maximum absolute atomic E-state index is 11.2. The molecule has 1 fully saturated rings. The number of anilines is 1. The molecule has 0 aliphatic carbocycles. The van der Waals surface area contributed by atoms with Crippen LogP contribution in [-0.4, -0.2) is 74.6 Å². The van der Waals surface area contributed by atoms with E-state index in [1.54, 1.807) is 17.8 Å². The van der Waals surface area contributed by atoms with Crippen LogP contribution in [0, 0.1) is 13.8 Å². The average Bonchev–Trinajstić information content (AvgIpc) is 2.68. The summed E-state index contributed by atoms with van der Waals surface area (Å²) in [5.74, 6) is -0.118. The van der Waals surface area contributed by atoms with Crippen molar-refractivity contribution in [1.29, 1.82) is 0 Å². The van der Waals surface area contributed by atoms with E-state index >= 15 is 0 Å². The Morgan fingerprint density at radius 2 is 2.00 bits per heavy atom. The molecule has 2 aliphatic heterocycles. The third kappa shape index (κ3) is 4.26. The molecule has 9 nitrogen and oxygen atoms in total. The van der Waals surface area contributed by atoms with Crippen LogP contribution < -0.4 is 10.1 Å². The molecule has 3 rings (SSSR count). The standard InChI is InChI=1S/C18H24N2O7S/c1-8-4-5-10(9(2)11(8)20-18-19-6-3-7-28-18)26-17-14(23)12(21)13(22)15(27-17)16(24)25/h4-5,12-15,17,21-23H,3,6-7H2,1-2H3,(H,19,20)(H,24,25)/t12-,13-,14+,15-,17+/m0/s1. The highest BCUT2D eigenvalue weighted by atomic mass is 32.2. The van der Waals surface area contributed by atoms with E-state index in [2.05, 4.69) is 10.3 Å². The largest absolute Gasteiger partial charge is 0.479 e. The van der Waals surface area contributed by atoms with Crippen molar-refractivity contribution in [3.05, 3.63) is 23.3 Å². The molecule has 2 aliphatic rings. The number of aliphatic hydroxyl groups is 3. The lowest BCUT2D eigenvalue weighted by molar-refractivity contribution is -0.271. The number of carboxylic acid groups (broad SMARTS) is 1. The van der Waals surface area contributed by atoms with E-state index < -0.39 is 36.7 Å². The summed E-state index contributed by atoms with van der Waals surface area (Å²) in [4.78, 5) is 15.7. The van der Waals surface area contributed by atoms with Crippen LogP contribution >= 0.6 is 11.8 Å². The van der Waals surface area contributed by atoms with Crippen LogP contribution in [0.3, 0.4) is 0 Å². The van der Waals surface area contributed by atoms with E-state index in [0.29, 0.717) is 5.75 Å². The van der Waals surface area contributed by atoms with Gasteiger partial charge in [-0.15, -0.1) is 0 Å². The van der Waals surface area contributed by atoms with Crippen molar-refractivity contribution in [3.8, 4) is 5.75 Å². The van der Waals surface area contributed by atoms with Gasteiger partial charge in [0.1, 0.15) is 24.1 Å². The molecule has 1 aromatic carbocycles. The van der Waals surface area contributed by atoms with E-state index in [-0.39, 0.29) is 0 Å². The number of benzene rings is 1. The highest BCUT2D eigenvalue weighted by Crippen LogP contribution is 2.33. The van der Waals surface area contributed by atoms with Gasteiger partial charge in [0.2, 0.25) is 6.29 Å². The highest BCUT2D eigenvalue weighted by molar-refractivity contribution is 8.14. The van der Waals surface area contributed by atoms with Crippen molar-refractivity contribution < 1.29 is 34.7 Å². The molecule has 5 N–H and O–H groups in total. The Kier molecular flexibility index (Phi) is 6.46. The third-order valence-electron chi connectivity index (χ3n) is 4.71. The number of carbonyl (C=O) groups is 1. The molecule has 5 atom stereocenters. The van der Waals surface area contributed by atoms with Crippen LogP contribution in [0.5, 0.6) is 5.75 Å². The number of hydrogen-bond donors (Lipinski definition) is 5. The lowest BCUT2D eigenvalue weighted by Gasteiger charge is -2.38. The summed E-state index contributed by atoms with van der Waals surface area (Å²) in [5.41, 5.74) is 2.48. The van der Waals surface area contributed by atoms with Gasteiger partial charge in [0.25, 0.3) is 0 Å². The fraction of sp³-hybridized carbons (Fsp3) is 0.556. The van der Waals surface area contributed by atoms with Crippen molar-refractivity contribution in [3.63, 3.8) is 0 Å². The lowest BCUT2D eigenvalue weighted by Crippen LogP contribution is -2.61. The number of ether oxygens (including phenoxy) is 2. The Balaban J connectivity index is 1.82. The maximum atomic E-state index is 11.2. The third-order valence-corrected chi connectivity index (χ3v) is 5.71. The molecule has 2 heterocycles. The quantitative estimate of drug-likeness (QED) is 0.477. The molecular weight excluding hydrogens is 388 g/mol. The predicted molar refractivity (Wildman–Crippen MR) is 104 cm³/mol. The maximum Gasteiger partial charge on any atom is 0.335 e. The zero-order valence-corrected chi connectivity index (χ0v) is 16.3. The Morgan fingerprint density at radius 3 is 2.64 bits per heavy atom. The molecule has 1 aromatic rings. The van der Waals surface area contributed by atoms with Crippen molar-refractivity contribution in [2.24, 2.45) is 4.99 Å². The van der Waals surface area contributed by atoms with E-state index in [4.69, 9.17) is 14.6 Å². The lowest BCUT2D eigenvalue weighted by atomic mass is 9.99. The summed E-state index contributed by atoms with van der Waals surface area (Å²) in [5, 5.41) is 43.1. The summed E-state index contributed by atoms with van der Waals surface area (Å²) in [6.07, 6.45) is -7.20. The molecule has 1 saturated heterocycles. The van der Waals surface area contributed by atoms with Crippen LogP contribution in [0.25, 0.3) is 0 Å². The first kappa shape index (κ1) is 20.9. The average molecular weight is 412 g/mol. The first-order valence-electron chi connectivity index (χ1n) is 8.93. The number of aliphatic hydroxyl groups excluding tert-OH is 3. The fourth-order valence-corrected chi connectivity index (χ4v) is 3.89. The van der Waals surface area contributed by atoms with E-state index in [1.165, 1.54) is 0 Å². The fourth-order valence-electron chi connectivity index (χ4n) is 3.06. The summed E-state index contributed by atoms with van der Waals surface area (Å²) in [7, 11) is 0. The number of hydrogen-bond acceptors (Lipinski definition) is 9. The smallest absolute Gasteiger partial charge is 0.335 e. The van der Waals surface area contributed by atoms with Gasteiger partial charge in [-0.25, -0.2) is 4.79 Å². The number of amidine groups is 1. The van der Waals surface area contributed by atoms with Crippen molar-refractivity contribution in [2.45, 2.75) is 51.0 Å². The molecule has 0 aromatic heterocycles. The Hall–Kier alpha value is -1.85. The van der Waals surface area contributed by atoms with Gasteiger partial charge >= 0.3 is 5.97 Å². The van der Waals surface area contributed by atoms with Crippen molar-refractivity contribution in [2.75, 3.05) is 17.6 Å². The van der Waals surface area contributed by atoms with Gasteiger partial charge in [0.05, 0.1) is 0 Å². The molecule has 0 radical (unpaired) electrons. The molecule has 0 spiro atoms. The van der Waals surface area contributed by atoms with Crippen molar-refractivity contribution in [1.82, 2.24) is 0 Å². The molecule has 28 heavy (non-hydrogen) atoms. The van der Waals surface area contributed by atoms with Gasteiger partial charge in [0, 0.05) is 23.5 Å². The highest BCUT2D eigenvalue weighted by Gasteiger charge is 2.48. The number of aliphatic imine (C=N–C) groups is 1. The molecule has 0 saturated carbocycles. The zero-order valence-electron chi connectivity index (χ0n) is 15.5. The Labute approximate surface area is 166 Å². The Bertz CT molecular complexity index is 773. The summed E-state index contributed by atoms with van der Waals surface area (Å²) < 4.78 is 10.9. The van der Waals surface area contributed by atoms with Gasteiger partial charge in [-0.2, -0.15) is 0 Å². The molecule has 0 unspecified atom stereocenters. The first-order chi connectivity index (χ1) is 13.3. The topological polar surface area (TPSA) is 141 Å². The first-order valence-corrected chi connectivity index (χ1v) is 9.91. The number of thioether (sulfide) groups is 1. The minimum absolute atomic E-state index is 0.353. The van der Waals surface area contributed by atoms with Crippen LogP contribution in [-0.2, 0) is 9.53 Å². The normalized spacial score (nSPS) is 30.5. The number of nitrogens with zero attached hydrogens (tertiary/aromatic N) is 1. The number of aliphatic carboxylic acids is 1. The van der Waals surface area contributed by atoms with E-state index in [9.17, 15) is 20.1 Å². The second-order valence-electron chi connectivity index (χ2n) is 6.75. The van der Waals surface area contributed by atoms with Gasteiger partial charge < -0.3 is 35.2 Å². The molecular formula is C18H24N2O7S. The van der Waals surface area contributed by atoms with Crippen molar-refractivity contribution >= 4 is 28.6 Å². The molecule has 154 valence electrons. The van der Waals surface area contributed by atoms with Crippen LogP contribution in [0.4, 0.5) is 5.69 Å². The second kappa shape index (κ2) is 8.66. The van der Waals surface area contributed by atoms with Crippen LogP contribution in [0.2, 0.25) is 0 Å².